The second kappa shape index (κ2) is 6.68. The van der Waals surface area contributed by atoms with Crippen LogP contribution in [-0.2, 0) is 15.9 Å². The molecule has 1 saturated carbocycles. The van der Waals surface area contributed by atoms with Crippen molar-refractivity contribution in [2.45, 2.75) is 84.0 Å². The minimum Gasteiger partial charge on any atom is -0.399 e. The molecule has 2 heterocycles. The van der Waals surface area contributed by atoms with Crippen LogP contribution < -0.4 is 5.46 Å². The fourth-order valence-electron chi connectivity index (χ4n) is 4.18. The lowest BCUT2D eigenvalue weighted by atomic mass is 9.79. The normalized spacial score (nSPS) is 23.0. The Morgan fingerprint density at radius 1 is 1.08 bits per heavy atom. The largest absolute Gasteiger partial charge is 0.494 e. The van der Waals surface area contributed by atoms with Crippen LogP contribution >= 0.6 is 0 Å². The molecule has 4 nitrogen and oxygen atoms in total. The minimum atomic E-state index is -0.322. The molecule has 0 spiro atoms. The minimum absolute atomic E-state index is 0.314. The van der Waals surface area contributed by atoms with Crippen molar-refractivity contribution in [3.05, 3.63) is 24.5 Å². The third-order valence-corrected chi connectivity index (χ3v) is 6.67. The monoisotopic (exact) mass is 354 g/mol. The summed E-state index contributed by atoms with van der Waals surface area (Å²) in [6.07, 6.45) is 10.3. The lowest BCUT2D eigenvalue weighted by Gasteiger charge is -2.32. The summed E-state index contributed by atoms with van der Waals surface area (Å²) in [5.41, 5.74) is 2.66. The molecular weight excluding hydrogens is 323 g/mol. The average Bonchev–Trinajstić information content (AvgIpc) is 3.11. The zero-order valence-corrected chi connectivity index (χ0v) is 16.6. The lowest BCUT2D eigenvalue weighted by Crippen LogP contribution is -2.41. The molecule has 1 saturated heterocycles. The maximum atomic E-state index is 6.18. The average molecular weight is 354 g/mol. The van der Waals surface area contributed by atoms with E-state index in [4.69, 9.17) is 9.31 Å². The van der Waals surface area contributed by atoms with Crippen molar-refractivity contribution in [1.82, 2.24) is 9.55 Å². The summed E-state index contributed by atoms with van der Waals surface area (Å²) in [6, 6.07) is 6.42. The van der Waals surface area contributed by atoms with E-state index in [1.165, 1.54) is 44.0 Å². The molecule has 1 aliphatic heterocycles. The number of aryl methyl sites for hydroxylation is 1. The van der Waals surface area contributed by atoms with Crippen LogP contribution in [0.1, 0.15) is 66.2 Å². The molecule has 0 radical (unpaired) electrons. The molecule has 5 heteroatoms. The van der Waals surface area contributed by atoms with Gasteiger partial charge in [0.15, 0.2) is 0 Å². The first-order valence-electron chi connectivity index (χ1n) is 10.2. The van der Waals surface area contributed by atoms with E-state index in [9.17, 15) is 0 Å². The second-order valence-corrected chi connectivity index (χ2v) is 9.07. The number of benzene rings is 1. The first-order chi connectivity index (χ1) is 12.4. The molecule has 1 aromatic carbocycles. The Morgan fingerprint density at radius 3 is 2.46 bits per heavy atom. The van der Waals surface area contributed by atoms with Gasteiger partial charge in [0.25, 0.3) is 0 Å². The lowest BCUT2D eigenvalue weighted by molar-refractivity contribution is 0.00578. The number of hydrogen-bond acceptors (Lipinski definition) is 3. The quantitative estimate of drug-likeness (QED) is 0.768. The van der Waals surface area contributed by atoms with E-state index in [2.05, 4.69) is 55.4 Å². The van der Waals surface area contributed by atoms with Gasteiger partial charge >= 0.3 is 7.12 Å². The Morgan fingerprint density at radius 2 is 1.77 bits per heavy atom. The summed E-state index contributed by atoms with van der Waals surface area (Å²) in [6.45, 7) is 9.42. The zero-order chi connectivity index (χ0) is 18.4. The van der Waals surface area contributed by atoms with Gasteiger partial charge in [0.1, 0.15) is 0 Å². The first-order valence-corrected chi connectivity index (χ1v) is 10.2. The van der Waals surface area contributed by atoms with E-state index in [0.717, 1.165) is 23.4 Å². The fraction of sp³-hybridized carbons (Fsp3) is 0.667. The van der Waals surface area contributed by atoms with Crippen LogP contribution in [0.3, 0.4) is 0 Å². The first kappa shape index (κ1) is 18.1. The van der Waals surface area contributed by atoms with Crippen molar-refractivity contribution in [2.75, 3.05) is 0 Å². The molecule has 2 aromatic rings. The SMILES string of the molecule is CC1(C)OB(c2ccc3c(c2)ncn3CCC2CCCCC2)OC1(C)C. The molecule has 26 heavy (non-hydrogen) atoms. The van der Waals surface area contributed by atoms with Gasteiger partial charge in [-0.05, 0) is 57.6 Å². The molecule has 2 fully saturated rings. The third kappa shape index (κ3) is 3.32. The molecule has 2 aliphatic rings. The third-order valence-electron chi connectivity index (χ3n) is 6.67. The molecule has 1 aliphatic carbocycles. The van der Waals surface area contributed by atoms with Crippen LogP contribution in [-0.4, -0.2) is 27.9 Å². The predicted molar refractivity (Wildman–Crippen MR) is 107 cm³/mol. The summed E-state index contributed by atoms with van der Waals surface area (Å²) in [5.74, 6) is 0.894. The second-order valence-electron chi connectivity index (χ2n) is 9.07. The van der Waals surface area contributed by atoms with Crippen molar-refractivity contribution in [3.8, 4) is 0 Å². The highest BCUT2D eigenvalue weighted by Gasteiger charge is 2.51. The van der Waals surface area contributed by atoms with Crippen LogP contribution in [0.25, 0.3) is 11.0 Å². The Hall–Kier alpha value is -1.33. The smallest absolute Gasteiger partial charge is 0.399 e. The number of imidazole rings is 1. The molecule has 1 aromatic heterocycles. The highest BCUT2D eigenvalue weighted by molar-refractivity contribution is 6.62. The molecule has 0 N–H and O–H groups in total. The van der Waals surface area contributed by atoms with Gasteiger partial charge in [0.2, 0.25) is 0 Å². The van der Waals surface area contributed by atoms with Crippen molar-refractivity contribution >= 4 is 23.6 Å². The van der Waals surface area contributed by atoms with Gasteiger partial charge < -0.3 is 13.9 Å². The molecule has 0 atom stereocenters. The van der Waals surface area contributed by atoms with Crippen LogP contribution in [0.15, 0.2) is 24.5 Å². The van der Waals surface area contributed by atoms with Crippen LogP contribution in [0, 0.1) is 5.92 Å². The Labute approximate surface area is 157 Å². The fourth-order valence-corrected chi connectivity index (χ4v) is 4.18. The Balaban J connectivity index is 1.49. The molecule has 140 valence electrons. The van der Waals surface area contributed by atoms with Gasteiger partial charge in [-0.3, -0.25) is 0 Å². The van der Waals surface area contributed by atoms with Gasteiger partial charge in [-0.15, -0.1) is 0 Å². The molecule has 0 unspecified atom stereocenters. The highest BCUT2D eigenvalue weighted by Crippen LogP contribution is 2.36. The van der Waals surface area contributed by atoms with E-state index in [1.54, 1.807) is 0 Å². The summed E-state index contributed by atoms with van der Waals surface area (Å²) in [4.78, 5) is 4.64. The van der Waals surface area contributed by atoms with Gasteiger partial charge in [-0.2, -0.15) is 0 Å². The van der Waals surface area contributed by atoms with Crippen molar-refractivity contribution in [3.63, 3.8) is 0 Å². The number of rotatable bonds is 4. The van der Waals surface area contributed by atoms with Gasteiger partial charge in [-0.1, -0.05) is 38.2 Å². The standard InChI is InChI=1S/C21H31BN2O2/c1-20(2)21(3,4)26-22(25-20)17-10-11-19-18(14-17)23-15-24(19)13-12-16-8-6-5-7-9-16/h10-11,14-16H,5-9,12-13H2,1-4H3. The topological polar surface area (TPSA) is 36.3 Å². The molecule has 0 bridgehead atoms. The summed E-state index contributed by atoms with van der Waals surface area (Å²) >= 11 is 0. The van der Waals surface area contributed by atoms with Crippen LogP contribution in [0.5, 0.6) is 0 Å². The molecule has 4 rings (SSSR count). The number of hydrogen-bond donors (Lipinski definition) is 0. The van der Waals surface area contributed by atoms with Crippen molar-refractivity contribution in [2.24, 2.45) is 5.92 Å². The maximum absolute atomic E-state index is 6.18. The van der Waals surface area contributed by atoms with Gasteiger partial charge in [0, 0.05) is 6.54 Å². The van der Waals surface area contributed by atoms with Crippen LogP contribution in [0.2, 0.25) is 0 Å². The van der Waals surface area contributed by atoms with Crippen LogP contribution in [0.4, 0.5) is 0 Å². The van der Waals surface area contributed by atoms with E-state index >= 15 is 0 Å². The Kier molecular flexibility index (Phi) is 4.64. The zero-order valence-electron chi connectivity index (χ0n) is 16.6. The molecular formula is C21H31BN2O2. The van der Waals surface area contributed by atoms with Gasteiger partial charge in [0.05, 0.1) is 28.6 Å². The van der Waals surface area contributed by atoms with Crippen molar-refractivity contribution < 1.29 is 9.31 Å². The summed E-state index contributed by atoms with van der Waals surface area (Å²) < 4.78 is 14.7. The predicted octanol–water partition coefficient (Wildman–Crippen LogP) is 4.31. The number of nitrogens with zero attached hydrogens (tertiary/aromatic N) is 2. The number of aromatic nitrogens is 2. The van der Waals surface area contributed by atoms with E-state index < -0.39 is 0 Å². The van der Waals surface area contributed by atoms with E-state index in [0.29, 0.717) is 0 Å². The highest BCUT2D eigenvalue weighted by atomic mass is 16.7. The summed E-state index contributed by atoms with van der Waals surface area (Å²) in [7, 11) is -0.322. The molecule has 0 amide bonds. The summed E-state index contributed by atoms with van der Waals surface area (Å²) in [5, 5.41) is 0. The number of fused-ring (bicyclic) bond motifs is 1. The van der Waals surface area contributed by atoms with Gasteiger partial charge in [-0.25, -0.2) is 4.98 Å². The Bertz CT molecular complexity index is 761. The van der Waals surface area contributed by atoms with E-state index in [-0.39, 0.29) is 18.3 Å². The maximum Gasteiger partial charge on any atom is 0.494 e. The van der Waals surface area contributed by atoms with Crippen molar-refractivity contribution in [1.29, 1.82) is 0 Å². The van der Waals surface area contributed by atoms with E-state index in [1.807, 2.05) is 6.33 Å².